The number of nitro groups is 1. The van der Waals surface area contributed by atoms with Crippen molar-refractivity contribution in [3.63, 3.8) is 0 Å². The third-order valence-electron chi connectivity index (χ3n) is 2.79. The molecule has 0 saturated heterocycles. The molecule has 0 heterocycles. The maximum Gasteiger partial charge on any atom is 0.289 e. The lowest BCUT2D eigenvalue weighted by Crippen LogP contribution is -2.15. The zero-order chi connectivity index (χ0) is 15.5. The van der Waals surface area contributed by atoms with Crippen LogP contribution in [-0.2, 0) is 10.0 Å². The number of nitrogens with zero attached hydrogens (tertiary/aromatic N) is 1. The van der Waals surface area contributed by atoms with E-state index in [0.29, 0.717) is 11.4 Å². The molecule has 0 aliphatic heterocycles. The van der Waals surface area contributed by atoms with E-state index in [2.05, 4.69) is 10.0 Å². The molecule has 0 aliphatic carbocycles. The van der Waals surface area contributed by atoms with Crippen LogP contribution in [0.15, 0.2) is 53.4 Å². The molecule has 0 aliphatic rings. The molecule has 0 aromatic heterocycles. The summed E-state index contributed by atoms with van der Waals surface area (Å²) in [7, 11) is -2.40. The van der Waals surface area contributed by atoms with Crippen molar-refractivity contribution in [2.75, 3.05) is 17.1 Å². The fourth-order valence-electron chi connectivity index (χ4n) is 1.83. The highest BCUT2D eigenvalue weighted by molar-refractivity contribution is 7.92. The highest BCUT2D eigenvalue weighted by atomic mass is 32.2. The zero-order valence-electron chi connectivity index (χ0n) is 11.1. The Bertz CT molecular complexity index is 774. The van der Waals surface area contributed by atoms with Crippen LogP contribution >= 0.6 is 0 Å². The van der Waals surface area contributed by atoms with Gasteiger partial charge in [-0.3, -0.25) is 14.8 Å². The van der Waals surface area contributed by atoms with Crippen LogP contribution in [0.1, 0.15) is 0 Å². The van der Waals surface area contributed by atoms with Crippen LogP contribution in [0.2, 0.25) is 0 Å². The van der Waals surface area contributed by atoms with E-state index < -0.39 is 20.6 Å². The van der Waals surface area contributed by atoms with Crippen molar-refractivity contribution >= 4 is 27.1 Å². The second kappa shape index (κ2) is 5.80. The number of benzene rings is 2. The maximum absolute atomic E-state index is 12.4. The summed E-state index contributed by atoms with van der Waals surface area (Å²) in [5.74, 6) is 0. The van der Waals surface area contributed by atoms with E-state index in [1.165, 1.54) is 18.2 Å². The van der Waals surface area contributed by atoms with E-state index in [1.54, 1.807) is 31.3 Å². The Hall–Kier alpha value is -2.61. The van der Waals surface area contributed by atoms with Crippen molar-refractivity contribution in [3.8, 4) is 0 Å². The summed E-state index contributed by atoms with van der Waals surface area (Å²) >= 11 is 0. The molecule has 0 bridgehead atoms. The fourth-order valence-corrected chi connectivity index (χ4v) is 3.08. The predicted octanol–water partition coefficient (Wildman–Crippen LogP) is 2.44. The Morgan fingerprint density at radius 1 is 1.00 bits per heavy atom. The summed E-state index contributed by atoms with van der Waals surface area (Å²) in [6.07, 6.45) is 0. The van der Waals surface area contributed by atoms with Crippen LogP contribution in [0.4, 0.5) is 17.1 Å². The SMILES string of the molecule is CNc1ccccc1NS(=O)(=O)c1ccccc1[N+](=O)[O-]. The highest BCUT2D eigenvalue weighted by Crippen LogP contribution is 2.28. The molecule has 0 spiro atoms. The topological polar surface area (TPSA) is 101 Å². The molecule has 0 atom stereocenters. The average molecular weight is 307 g/mol. The Kier molecular flexibility index (Phi) is 4.08. The number of anilines is 2. The molecular formula is C13H13N3O4S. The lowest BCUT2D eigenvalue weighted by atomic mass is 10.3. The maximum atomic E-state index is 12.4. The molecule has 2 rings (SSSR count). The summed E-state index contributed by atoms with van der Waals surface area (Å²) in [6.45, 7) is 0. The van der Waals surface area contributed by atoms with Crippen LogP contribution in [0.5, 0.6) is 0 Å². The van der Waals surface area contributed by atoms with Crippen molar-refractivity contribution in [1.29, 1.82) is 0 Å². The molecule has 0 saturated carbocycles. The quantitative estimate of drug-likeness (QED) is 0.652. The minimum Gasteiger partial charge on any atom is -0.386 e. The smallest absolute Gasteiger partial charge is 0.289 e. The van der Waals surface area contributed by atoms with Gasteiger partial charge in [0, 0.05) is 13.1 Å². The van der Waals surface area contributed by atoms with Gasteiger partial charge in [0.2, 0.25) is 0 Å². The summed E-state index contributed by atoms with van der Waals surface area (Å²) in [6, 6.07) is 11.9. The molecule has 21 heavy (non-hydrogen) atoms. The molecule has 7 nitrogen and oxygen atoms in total. The summed E-state index contributed by atoms with van der Waals surface area (Å²) in [4.78, 5) is 9.85. The first-order valence-corrected chi connectivity index (χ1v) is 7.47. The van der Waals surface area contributed by atoms with Gasteiger partial charge in [0.15, 0.2) is 4.90 Å². The second-order valence-corrected chi connectivity index (χ2v) is 5.78. The number of hydrogen-bond acceptors (Lipinski definition) is 5. The van der Waals surface area contributed by atoms with Crippen molar-refractivity contribution in [2.24, 2.45) is 0 Å². The Morgan fingerprint density at radius 2 is 1.57 bits per heavy atom. The molecule has 0 unspecified atom stereocenters. The minimum atomic E-state index is -4.05. The summed E-state index contributed by atoms with van der Waals surface area (Å²) < 4.78 is 27.1. The molecule has 8 heteroatoms. The van der Waals surface area contributed by atoms with Crippen LogP contribution in [-0.4, -0.2) is 20.4 Å². The lowest BCUT2D eigenvalue weighted by Gasteiger charge is -2.12. The molecule has 0 fully saturated rings. The normalized spacial score (nSPS) is 10.9. The van der Waals surface area contributed by atoms with Gasteiger partial charge in [-0.25, -0.2) is 8.42 Å². The van der Waals surface area contributed by atoms with Crippen LogP contribution in [0, 0.1) is 10.1 Å². The summed E-state index contributed by atoms with van der Waals surface area (Å²) in [5, 5.41) is 13.8. The fraction of sp³-hybridized carbons (Fsp3) is 0.0769. The van der Waals surface area contributed by atoms with Gasteiger partial charge in [-0.15, -0.1) is 0 Å². The van der Waals surface area contributed by atoms with E-state index in [-0.39, 0.29) is 4.90 Å². The number of para-hydroxylation sites is 3. The predicted molar refractivity (Wildman–Crippen MR) is 79.9 cm³/mol. The van der Waals surface area contributed by atoms with Gasteiger partial charge in [-0.2, -0.15) is 0 Å². The van der Waals surface area contributed by atoms with Gasteiger partial charge < -0.3 is 5.32 Å². The summed E-state index contributed by atoms with van der Waals surface area (Å²) in [5.41, 5.74) is 0.421. The highest BCUT2D eigenvalue weighted by Gasteiger charge is 2.25. The van der Waals surface area contributed by atoms with E-state index in [1.807, 2.05) is 0 Å². The Balaban J connectivity index is 2.46. The van der Waals surface area contributed by atoms with Crippen molar-refractivity contribution in [2.45, 2.75) is 4.90 Å². The van der Waals surface area contributed by atoms with Crippen LogP contribution in [0.3, 0.4) is 0 Å². The first kappa shape index (κ1) is 14.8. The first-order valence-electron chi connectivity index (χ1n) is 5.99. The van der Waals surface area contributed by atoms with Crippen LogP contribution < -0.4 is 10.0 Å². The molecular weight excluding hydrogens is 294 g/mol. The van der Waals surface area contributed by atoms with E-state index in [0.717, 1.165) is 6.07 Å². The number of sulfonamides is 1. The van der Waals surface area contributed by atoms with Gasteiger partial charge >= 0.3 is 0 Å². The van der Waals surface area contributed by atoms with Crippen molar-refractivity contribution in [1.82, 2.24) is 0 Å². The van der Waals surface area contributed by atoms with Gasteiger partial charge in [-0.05, 0) is 18.2 Å². The van der Waals surface area contributed by atoms with E-state index in [9.17, 15) is 18.5 Å². The minimum absolute atomic E-state index is 0.318. The molecule has 0 radical (unpaired) electrons. The number of hydrogen-bond donors (Lipinski definition) is 2. The molecule has 2 aromatic carbocycles. The van der Waals surface area contributed by atoms with Gasteiger partial charge in [-0.1, -0.05) is 24.3 Å². The zero-order valence-corrected chi connectivity index (χ0v) is 11.9. The van der Waals surface area contributed by atoms with E-state index >= 15 is 0 Å². The van der Waals surface area contributed by atoms with Gasteiger partial charge in [0.1, 0.15) is 0 Å². The first-order chi connectivity index (χ1) is 9.95. The van der Waals surface area contributed by atoms with Crippen LogP contribution in [0.25, 0.3) is 0 Å². The van der Waals surface area contributed by atoms with Gasteiger partial charge in [0.05, 0.1) is 16.3 Å². The van der Waals surface area contributed by atoms with Gasteiger partial charge in [0.25, 0.3) is 15.7 Å². The third kappa shape index (κ3) is 3.11. The van der Waals surface area contributed by atoms with Crippen molar-refractivity contribution in [3.05, 3.63) is 58.6 Å². The molecule has 0 amide bonds. The molecule has 110 valence electrons. The molecule has 2 N–H and O–H groups in total. The second-order valence-electron chi connectivity index (χ2n) is 4.13. The molecule has 2 aromatic rings. The number of nitro benzene ring substituents is 1. The van der Waals surface area contributed by atoms with E-state index in [4.69, 9.17) is 0 Å². The Labute approximate surface area is 121 Å². The Morgan fingerprint density at radius 3 is 2.19 bits per heavy atom. The monoisotopic (exact) mass is 307 g/mol. The lowest BCUT2D eigenvalue weighted by molar-refractivity contribution is -0.387. The third-order valence-corrected chi connectivity index (χ3v) is 4.21. The number of nitrogens with one attached hydrogen (secondary N) is 2. The standard InChI is InChI=1S/C13H13N3O4S/c1-14-10-6-2-3-7-11(10)15-21(19,20)13-9-5-4-8-12(13)16(17)18/h2-9,14-15H,1H3. The average Bonchev–Trinajstić information content (AvgIpc) is 2.47. The largest absolute Gasteiger partial charge is 0.386 e. The number of rotatable bonds is 5. The van der Waals surface area contributed by atoms with Crippen molar-refractivity contribution < 1.29 is 13.3 Å².